The Labute approximate surface area is 151 Å². The van der Waals surface area contributed by atoms with Crippen LogP contribution in [0.25, 0.3) is 0 Å². The quantitative estimate of drug-likeness (QED) is 0.641. The third-order valence-corrected chi connectivity index (χ3v) is 9.74. The van der Waals surface area contributed by atoms with Crippen LogP contribution in [0.2, 0.25) is 0 Å². The van der Waals surface area contributed by atoms with Crippen molar-refractivity contribution >= 4 is 11.8 Å². The summed E-state index contributed by atoms with van der Waals surface area (Å²) in [6, 6.07) is 2.46. The lowest BCUT2D eigenvalue weighted by molar-refractivity contribution is -0.0691. The topological polar surface area (TPSA) is 12.5 Å². The van der Waals surface area contributed by atoms with Gasteiger partial charge in [0, 0.05) is 35.7 Å². The maximum atomic E-state index is 5.77. The number of methoxy groups -OCH3 is 1. The lowest BCUT2D eigenvalue weighted by Gasteiger charge is -2.64. The number of hydrogen-bond donors (Lipinski definition) is 0. The second kappa shape index (κ2) is 6.32. The van der Waals surface area contributed by atoms with E-state index in [1.165, 1.54) is 64.2 Å². The van der Waals surface area contributed by atoms with Crippen LogP contribution in [0, 0.1) is 11.8 Å². The van der Waals surface area contributed by atoms with Crippen LogP contribution in [0.4, 0.5) is 0 Å². The Morgan fingerprint density at radius 3 is 2.62 bits per heavy atom. The van der Waals surface area contributed by atoms with Crippen LogP contribution in [0.15, 0.2) is 12.2 Å². The van der Waals surface area contributed by atoms with Crippen molar-refractivity contribution in [1.82, 2.24) is 4.90 Å². The maximum absolute atomic E-state index is 5.77. The van der Waals surface area contributed by atoms with Crippen molar-refractivity contribution in [2.24, 2.45) is 11.8 Å². The highest BCUT2D eigenvalue weighted by Gasteiger charge is 2.56. The van der Waals surface area contributed by atoms with Crippen LogP contribution in [0.5, 0.6) is 0 Å². The Morgan fingerprint density at radius 1 is 0.917 bits per heavy atom. The molecule has 0 radical (unpaired) electrons. The molecule has 3 heteroatoms. The van der Waals surface area contributed by atoms with Crippen LogP contribution >= 0.6 is 11.8 Å². The molecule has 3 saturated carbocycles. The summed E-state index contributed by atoms with van der Waals surface area (Å²) in [4.78, 5) is 3.11. The monoisotopic (exact) mass is 347 g/mol. The summed E-state index contributed by atoms with van der Waals surface area (Å²) in [7, 11) is 1.91. The molecule has 3 aliphatic carbocycles. The van der Waals surface area contributed by atoms with Crippen molar-refractivity contribution in [1.29, 1.82) is 0 Å². The Hall–Kier alpha value is 0.0100. The molecule has 5 aliphatic rings. The van der Waals surface area contributed by atoms with Gasteiger partial charge in [0.15, 0.2) is 0 Å². The van der Waals surface area contributed by atoms with Gasteiger partial charge in [-0.05, 0) is 56.8 Å². The zero-order chi connectivity index (χ0) is 16.3. The van der Waals surface area contributed by atoms with Gasteiger partial charge in [-0.2, -0.15) is 11.8 Å². The minimum Gasteiger partial charge on any atom is -0.381 e. The fourth-order valence-corrected chi connectivity index (χ4v) is 8.95. The first kappa shape index (κ1) is 16.2. The summed E-state index contributed by atoms with van der Waals surface area (Å²) in [5.41, 5.74) is 1.61. The number of ether oxygens (including phenoxy) is 1. The van der Waals surface area contributed by atoms with Gasteiger partial charge in [0.05, 0.1) is 6.10 Å². The van der Waals surface area contributed by atoms with Crippen LogP contribution in [0.3, 0.4) is 0 Å². The Bertz CT molecular complexity index is 508. The van der Waals surface area contributed by atoms with Gasteiger partial charge in [0.2, 0.25) is 0 Å². The second-order valence-corrected chi connectivity index (χ2v) is 10.4. The molecule has 0 spiro atoms. The fourth-order valence-electron chi connectivity index (χ4n) is 6.94. The summed E-state index contributed by atoms with van der Waals surface area (Å²) < 4.78 is 5.77. The molecule has 8 atom stereocenters. The average molecular weight is 348 g/mol. The van der Waals surface area contributed by atoms with Gasteiger partial charge < -0.3 is 4.74 Å². The number of piperidine rings is 1. The summed E-state index contributed by atoms with van der Waals surface area (Å²) in [6.45, 7) is 4.69. The number of hydrogen-bond acceptors (Lipinski definition) is 3. The maximum Gasteiger partial charge on any atom is 0.0578 e. The minimum atomic E-state index is 0.472. The Balaban J connectivity index is 1.51. The van der Waals surface area contributed by atoms with Gasteiger partial charge in [-0.25, -0.2) is 0 Å². The Kier molecular flexibility index (Phi) is 4.26. The van der Waals surface area contributed by atoms with Crippen molar-refractivity contribution in [3.05, 3.63) is 12.2 Å². The van der Waals surface area contributed by atoms with Gasteiger partial charge in [-0.15, -0.1) is 0 Å². The lowest BCUT2D eigenvalue weighted by atomic mass is 9.63. The Morgan fingerprint density at radius 2 is 1.75 bits per heavy atom. The molecule has 24 heavy (non-hydrogen) atoms. The molecule has 2 saturated heterocycles. The number of thioether (sulfide) groups is 1. The molecule has 0 aromatic carbocycles. The molecule has 0 N–H and O–H groups in total. The van der Waals surface area contributed by atoms with Crippen molar-refractivity contribution in [2.45, 2.75) is 98.9 Å². The van der Waals surface area contributed by atoms with Gasteiger partial charge in [-0.1, -0.05) is 31.4 Å². The molecule has 2 aliphatic heterocycles. The first-order valence-corrected chi connectivity index (χ1v) is 11.4. The fraction of sp³-hybridized carbons (Fsp3) is 0.905. The van der Waals surface area contributed by atoms with Gasteiger partial charge >= 0.3 is 0 Å². The predicted octanol–water partition coefficient (Wildman–Crippen LogP) is 4.64. The number of nitrogens with zero attached hydrogens (tertiary/aromatic N) is 1. The largest absolute Gasteiger partial charge is 0.381 e. The highest BCUT2D eigenvalue weighted by molar-refractivity contribution is 8.00. The molecule has 5 fully saturated rings. The van der Waals surface area contributed by atoms with E-state index in [2.05, 4.69) is 16.7 Å². The van der Waals surface area contributed by atoms with Crippen LogP contribution in [-0.2, 0) is 4.74 Å². The first-order chi connectivity index (χ1) is 11.8. The molecule has 0 aromatic rings. The lowest BCUT2D eigenvalue weighted by Crippen LogP contribution is -2.69. The molecular weight excluding hydrogens is 314 g/mol. The minimum absolute atomic E-state index is 0.472. The zero-order valence-electron chi connectivity index (χ0n) is 15.2. The third kappa shape index (κ3) is 2.37. The van der Waals surface area contributed by atoms with Gasteiger partial charge in [0.1, 0.15) is 0 Å². The zero-order valence-corrected chi connectivity index (χ0v) is 16.0. The highest BCUT2D eigenvalue weighted by Crippen LogP contribution is 2.56. The summed E-state index contributed by atoms with van der Waals surface area (Å²) in [6.07, 6.45) is 14.4. The molecule has 0 amide bonds. The average Bonchev–Trinajstić information content (AvgIpc) is 2.64. The van der Waals surface area contributed by atoms with Gasteiger partial charge in [0.25, 0.3) is 0 Å². The van der Waals surface area contributed by atoms with E-state index >= 15 is 0 Å². The smallest absolute Gasteiger partial charge is 0.0578 e. The van der Waals surface area contributed by atoms with E-state index in [1.807, 2.05) is 7.11 Å². The normalized spacial score (nSPS) is 51.5. The van der Waals surface area contributed by atoms with E-state index in [1.54, 1.807) is 5.57 Å². The van der Waals surface area contributed by atoms with Crippen molar-refractivity contribution in [3.63, 3.8) is 0 Å². The molecule has 2 heterocycles. The number of rotatable bonds is 1. The van der Waals surface area contributed by atoms with E-state index in [4.69, 9.17) is 11.3 Å². The third-order valence-electron chi connectivity index (χ3n) is 7.98. The molecule has 8 unspecified atom stereocenters. The molecule has 0 bridgehead atoms. The summed E-state index contributed by atoms with van der Waals surface area (Å²) in [5.74, 6) is 1.48. The SMILES string of the molecule is C=C1C2CC(OC)CCC2N2C3CCCCC3SC3CCCC1C32. The van der Waals surface area contributed by atoms with Crippen LogP contribution < -0.4 is 0 Å². The van der Waals surface area contributed by atoms with E-state index < -0.39 is 0 Å². The predicted molar refractivity (Wildman–Crippen MR) is 101 cm³/mol. The standard InChI is InChI=1S/C21H33NOS/c1-13-15-6-5-9-20-21(15)22(18-7-3-4-8-19(18)24-20)17-11-10-14(23-2)12-16(13)17/h14-21H,1,3-12H2,2H3. The van der Waals surface area contributed by atoms with E-state index in [9.17, 15) is 0 Å². The molecular formula is C21H33NOS. The van der Waals surface area contributed by atoms with Crippen LogP contribution in [-0.4, -0.2) is 46.7 Å². The van der Waals surface area contributed by atoms with E-state index in [-0.39, 0.29) is 0 Å². The summed E-state index contributed by atoms with van der Waals surface area (Å²) >= 11 is 2.40. The molecule has 2 nitrogen and oxygen atoms in total. The van der Waals surface area contributed by atoms with Gasteiger partial charge in [-0.3, -0.25) is 4.90 Å². The van der Waals surface area contributed by atoms with E-state index in [0.717, 1.165) is 34.5 Å². The van der Waals surface area contributed by atoms with E-state index in [0.29, 0.717) is 12.0 Å². The first-order valence-electron chi connectivity index (χ1n) is 10.4. The summed E-state index contributed by atoms with van der Waals surface area (Å²) in [5, 5.41) is 1.81. The second-order valence-electron chi connectivity index (χ2n) is 8.96. The van der Waals surface area contributed by atoms with Crippen molar-refractivity contribution < 1.29 is 4.74 Å². The van der Waals surface area contributed by atoms with Crippen molar-refractivity contribution in [2.75, 3.05) is 7.11 Å². The van der Waals surface area contributed by atoms with Crippen LogP contribution in [0.1, 0.15) is 64.2 Å². The highest BCUT2D eigenvalue weighted by atomic mass is 32.2. The molecule has 5 rings (SSSR count). The molecule has 134 valence electrons. The number of fused-ring (bicyclic) bond motifs is 4. The molecule has 0 aromatic heterocycles. The van der Waals surface area contributed by atoms with Crippen molar-refractivity contribution in [3.8, 4) is 0 Å².